The predicted octanol–water partition coefficient (Wildman–Crippen LogP) is 9.01. The zero-order chi connectivity index (χ0) is 25.0. The van der Waals surface area contributed by atoms with E-state index in [0.29, 0.717) is 17.8 Å². The summed E-state index contributed by atoms with van der Waals surface area (Å²) >= 11 is 1.55. The number of anilines is 3. The molecule has 0 N–H and O–H groups in total. The largest absolute Gasteiger partial charge is 0.451 e. The minimum atomic E-state index is 0.305. The van der Waals surface area contributed by atoms with Crippen LogP contribution in [0.2, 0.25) is 0 Å². The fraction of sp³-hybridized carbons (Fsp3) is 0. The van der Waals surface area contributed by atoms with Crippen molar-refractivity contribution in [1.82, 2.24) is 4.98 Å². The lowest BCUT2D eigenvalue weighted by Gasteiger charge is -2.25. The third-order valence-corrected chi connectivity index (χ3v) is 7.05. The smallest absolute Gasteiger partial charge is 0.185 e. The van der Waals surface area contributed by atoms with Crippen LogP contribution in [0.4, 0.5) is 17.1 Å². The molecule has 0 bridgehead atoms. The van der Waals surface area contributed by atoms with E-state index in [9.17, 15) is 4.79 Å². The number of carbonyl (C=O) groups is 1. The number of nitrogens with zero attached hydrogens (tertiary/aromatic N) is 2. The highest BCUT2D eigenvalue weighted by Crippen LogP contribution is 2.35. The molecule has 0 aliphatic rings. The molecule has 0 aliphatic heterocycles. The molecule has 178 valence electrons. The lowest BCUT2D eigenvalue weighted by molar-refractivity contribution is 0.110. The summed E-state index contributed by atoms with van der Waals surface area (Å²) in [4.78, 5) is 17.8. The first kappa shape index (κ1) is 22.7. The fourth-order valence-electron chi connectivity index (χ4n) is 4.21. The van der Waals surface area contributed by atoms with Gasteiger partial charge in [-0.25, -0.2) is 4.98 Å². The molecule has 0 radical (unpaired) electrons. The predicted molar refractivity (Wildman–Crippen MR) is 153 cm³/mol. The van der Waals surface area contributed by atoms with Crippen molar-refractivity contribution in [2.75, 3.05) is 4.90 Å². The van der Waals surface area contributed by atoms with Crippen molar-refractivity contribution in [3.8, 4) is 10.8 Å². The third kappa shape index (κ3) is 4.85. The maximum absolute atomic E-state index is 10.9. The molecule has 0 spiro atoms. The molecule has 0 atom stereocenters. The Morgan fingerprint density at radius 2 is 1.30 bits per heavy atom. The number of carbonyl (C=O) groups excluding carboxylic acids is 1. The van der Waals surface area contributed by atoms with Crippen LogP contribution in [-0.4, -0.2) is 11.3 Å². The Morgan fingerprint density at radius 3 is 1.95 bits per heavy atom. The van der Waals surface area contributed by atoms with Crippen LogP contribution in [0.25, 0.3) is 33.1 Å². The van der Waals surface area contributed by atoms with Crippen LogP contribution in [0, 0.1) is 0 Å². The Kier molecular flexibility index (Phi) is 6.19. The molecule has 0 amide bonds. The molecule has 0 fully saturated rings. The minimum absolute atomic E-state index is 0.305. The van der Waals surface area contributed by atoms with Crippen LogP contribution >= 0.6 is 11.3 Å². The van der Waals surface area contributed by atoms with Gasteiger partial charge in [-0.2, -0.15) is 0 Å². The number of para-hydroxylation sites is 2. The second kappa shape index (κ2) is 10.1. The third-order valence-electron chi connectivity index (χ3n) is 6.01. The number of hydrogen-bond donors (Lipinski definition) is 0. The van der Waals surface area contributed by atoms with Crippen molar-refractivity contribution >= 4 is 57.1 Å². The zero-order valence-electron chi connectivity index (χ0n) is 19.8. The van der Waals surface area contributed by atoms with E-state index in [1.807, 2.05) is 18.2 Å². The number of rotatable bonds is 7. The number of fused-ring (bicyclic) bond motifs is 1. The number of thiazole rings is 1. The molecule has 4 aromatic carbocycles. The van der Waals surface area contributed by atoms with E-state index in [-0.39, 0.29) is 0 Å². The molecule has 6 aromatic rings. The Balaban J connectivity index is 1.24. The first-order chi connectivity index (χ1) is 18.3. The number of furan rings is 1. The molecule has 37 heavy (non-hydrogen) atoms. The quantitative estimate of drug-likeness (QED) is 0.163. The highest BCUT2D eigenvalue weighted by Gasteiger charge is 2.12. The molecule has 0 saturated heterocycles. The van der Waals surface area contributed by atoms with Gasteiger partial charge in [0.15, 0.2) is 22.8 Å². The Bertz CT molecular complexity index is 1640. The van der Waals surface area contributed by atoms with E-state index in [4.69, 9.17) is 4.42 Å². The van der Waals surface area contributed by atoms with E-state index in [1.54, 1.807) is 23.5 Å². The lowest BCUT2D eigenvalue weighted by atomic mass is 10.1. The standard InChI is InChI=1S/C32H22N2O2S/c35-22-28-18-20-30(36-28)32-33-29-19-15-24(21-31(29)37-32)12-11-23-13-16-27(17-14-23)34(25-7-3-1-4-8-25)26-9-5-2-6-10-26/h1-22H/b12-11+. The molecule has 0 aliphatic carbocycles. The second-order valence-electron chi connectivity index (χ2n) is 8.50. The first-order valence-electron chi connectivity index (χ1n) is 11.9. The van der Waals surface area contributed by atoms with Crippen LogP contribution in [0.5, 0.6) is 0 Å². The fourth-order valence-corrected chi connectivity index (χ4v) is 5.19. The second-order valence-corrected chi connectivity index (χ2v) is 9.53. The molecule has 0 unspecified atom stereocenters. The summed E-state index contributed by atoms with van der Waals surface area (Å²) in [7, 11) is 0. The number of benzene rings is 4. The first-order valence-corrected chi connectivity index (χ1v) is 12.7. The van der Waals surface area contributed by atoms with Gasteiger partial charge in [0, 0.05) is 17.1 Å². The highest BCUT2D eigenvalue weighted by atomic mass is 32.1. The lowest BCUT2D eigenvalue weighted by Crippen LogP contribution is -2.09. The summed E-state index contributed by atoms with van der Waals surface area (Å²) in [6.45, 7) is 0. The zero-order valence-corrected chi connectivity index (χ0v) is 20.6. The molecular formula is C32H22N2O2S. The van der Waals surface area contributed by atoms with E-state index in [0.717, 1.165) is 43.4 Å². The summed E-state index contributed by atoms with van der Waals surface area (Å²) in [5, 5.41) is 0.765. The number of aromatic nitrogens is 1. The Hall–Kier alpha value is -4.74. The average Bonchev–Trinajstić information content (AvgIpc) is 3.61. The summed E-state index contributed by atoms with van der Waals surface area (Å²) in [5.74, 6) is 0.917. The molecule has 5 heteroatoms. The number of hydrogen-bond acceptors (Lipinski definition) is 5. The maximum atomic E-state index is 10.9. The molecule has 2 heterocycles. The summed E-state index contributed by atoms with van der Waals surface area (Å²) in [5.41, 5.74) is 6.45. The van der Waals surface area contributed by atoms with Crippen molar-refractivity contribution in [2.45, 2.75) is 0 Å². The van der Waals surface area contributed by atoms with Crippen LogP contribution in [0.3, 0.4) is 0 Å². The SMILES string of the molecule is O=Cc1ccc(-c2nc3ccc(/C=C/c4ccc(N(c5ccccc5)c5ccccc5)cc4)cc3s2)o1. The monoisotopic (exact) mass is 498 g/mol. The van der Waals surface area contributed by atoms with Gasteiger partial charge in [-0.1, -0.05) is 66.7 Å². The van der Waals surface area contributed by atoms with E-state index < -0.39 is 0 Å². The Morgan fingerprint density at radius 1 is 0.676 bits per heavy atom. The summed E-state index contributed by atoms with van der Waals surface area (Å²) in [6, 6.07) is 39.0. The van der Waals surface area contributed by atoms with Gasteiger partial charge in [0.25, 0.3) is 0 Å². The van der Waals surface area contributed by atoms with Crippen LogP contribution < -0.4 is 4.90 Å². The molecule has 4 nitrogen and oxygen atoms in total. The molecular weight excluding hydrogens is 476 g/mol. The van der Waals surface area contributed by atoms with Crippen molar-refractivity contribution in [3.05, 3.63) is 132 Å². The maximum Gasteiger partial charge on any atom is 0.185 e. The highest BCUT2D eigenvalue weighted by molar-refractivity contribution is 7.21. The van der Waals surface area contributed by atoms with Gasteiger partial charge < -0.3 is 9.32 Å². The van der Waals surface area contributed by atoms with Crippen LogP contribution in [-0.2, 0) is 0 Å². The van der Waals surface area contributed by atoms with Gasteiger partial charge in [-0.05, 0) is 71.8 Å². The summed E-state index contributed by atoms with van der Waals surface area (Å²) in [6.07, 6.45) is 4.93. The van der Waals surface area contributed by atoms with Gasteiger partial charge in [0.2, 0.25) is 0 Å². The molecule has 0 saturated carbocycles. The van der Waals surface area contributed by atoms with Gasteiger partial charge in [0.05, 0.1) is 10.2 Å². The Labute approximate surface area is 218 Å². The van der Waals surface area contributed by atoms with Gasteiger partial charge in [-0.15, -0.1) is 11.3 Å². The molecule has 2 aromatic heterocycles. The van der Waals surface area contributed by atoms with E-state index >= 15 is 0 Å². The van der Waals surface area contributed by atoms with Crippen molar-refractivity contribution in [3.63, 3.8) is 0 Å². The average molecular weight is 499 g/mol. The summed E-state index contributed by atoms with van der Waals surface area (Å²) < 4.78 is 6.60. The van der Waals surface area contributed by atoms with Crippen LogP contribution in [0.1, 0.15) is 21.7 Å². The van der Waals surface area contributed by atoms with Gasteiger partial charge >= 0.3 is 0 Å². The molecule has 6 rings (SSSR count). The normalized spacial score (nSPS) is 11.2. The number of aldehydes is 1. The van der Waals surface area contributed by atoms with Crippen molar-refractivity contribution in [1.29, 1.82) is 0 Å². The van der Waals surface area contributed by atoms with Crippen LogP contribution in [0.15, 0.2) is 120 Å². The van der Waals surface area contributed by atoms with E-state index in [1.165, 1.54) is 0 Å². The van der Waals surface area contributed by atoms with E-state index in [2.05, 4.69) is 107 Å². The minimum Gasteiger partial charge on any atom is -0.451 e. The van der Waals surface area contributed by atoms with Crippen molar-refractivity contribution < 1.29 is 9.21 Å². The van der Waals surface area contributed by atoms with Crippen molar-refractivity contribution in [2.24, 2.45) is 0 Å². The van der Waals surface area contributed by atoms with Gasteiger partial charge in [-0.3, -0.25) is 4.79 Å². The topological polar surface area (TPSA) is 46.3 Å². The van der Waals surface area contributed by atoms with Gasteiger partial charge in [0.1, 0.15) is 0 Å².